The van der Waals surface area contributed by atoms with Crippen LogP contribution in [0.25, 0.3) is 0 Å². The molecule has 5 heteroatoms. The lowest BCUT2D eigenvalue weighted by molar-refractivity contribution is -0.0745. The summed E-state index contributed by atoms with van der Waals surface area (Å²) in [6, 6.07) is 10.3. The van der Waals surface area contributed by atoms with Crippen LogP contribution in [-0.2, 0) is 16.0 Å². The van der Waals surface area contributed by atoms with Gasteiger partial charge in [0, 0.05) is 19.1 Å². The van der Waals surface area contributed by atoms with Crippen LogP contribution in [0.2, 0.25) is 0 Å². The van der Waals surface area contributed by atoms with E-state index in [4.69, 9.17) is 15.2 Å². The number of hydrogen-bond donors (Lipinski definition) is 1. The van der Waals surface area contributed by atoms with Gasteiger partial charge in [0.25, 0.3) is 0 Å². The van der Waals surface area contributed by atoms with E-state index in [9.17, 15) is 4.79 Å². The third-order valence-electron chi connectivity index (χ3n) is 5.73. The second-order valence-corrected chi connectivity index (χ2v) is 9.02. The molecule has 1 saturated heterocycles. The molecular weight excluding hydrogens is 340 g/mol. The molecule has 2 aliphatic rings. The molecule has 1 unspecified atom stereocenters. The molecule has 1 aliphatic heterocycles. The maximum absolute atomic E-state index is 12.9. The molecule has 0 aromatic heterocycles. The Kier molecular flexibility index (Phi) is 6.11. The molecule has 150 valence electrons. The zero-order valence-corrected chi connectivity index (χ0v) is 16.9. The SMILES string of the molecule is CC(C)(C)OC(=O)N(Cc1ccccc1)C1CCC2(CCC(CN)O2)CC1. The van der Waals surface area contributed by atoms with Gasteiger partial charge in [-0.25, -0.2) is 4.79 Å². The minimum Gasteiger partial charge on any atom is -0.444 e. The van der Waals surface area contributed by atoms with E-state index in [0.29, 0.717) is 13.1 Å². The Hall–Kier alpha value is -1.59. The second-order valence-electron chi connectivity index (χ2n) is 9.02. The van der Waals surface area contributed by atoms with Crippen LogP contribution in [0.3, 0.4) is 0 Å². The third-order valence-corrected chi connectivity index (χ3v) is 5.73. The highest BCUT2D eigenvalue weighted by atomic mass is 16.6. The fourth-order valence-corrected chi connectivity index (χ4v) is 4.31. The zero-order chi connectivity index (χ0) is 19.5. The topological polar surface area (TPSA) is 64.8 Å². The van der Waals surface area contributed by atoms with E-state index in [1.165, 1.54) is 0 Å². The van der Waals surface area contributed by atoms with Crippen molar-refractivity contribution in [3.8, 4) is 0 Å². The minimum absolute atomic E-state index is 0.0209. The molecule has 0 bridgehead atoms. The highest BCUT2D eigenvalue weighted by Crippen LogP contribution is 2.43. The molecule has 1 atom stereocenters. The maximum Gasteiger partial charge on any atom is 0.410 e. The molecule has 3 rings (SSSR count). The van der Waals surface area contributed by atoms with E-state index in [-0.39, 0.29) is 23.8 Å². The molecule has 5 nitrogen and oxygen atoms in total. The predicted molar refractivity (Wildman–Crippen MR) is 106 cm³/mol. The van der Waals surface area contributed by atoms with E-state index in [1.807, 2.05) is 43.9 Å². The summed E-state index contributed by atoms with van der Waals surface area (Å²) in [4.78, 5) is 14.8. The fraction of sp³-hybridized carbons (Fsp3) is 0.682. The van der Waals surface area contributed by atoms with Gasteiger partial charge in [0.05, 0.1) is 11.7 Å². The first-order valence-corrected chi connectivity index (χ1v) is 10.2. The van der Waals surface area contributed by atoms with Crippen molar-refractivity contribution < 1.29 is 14.3 Å². The highest BCUT2D eigenvalue weighted by Gasteiger charge is 2.44. The largest absolute Gasteiger partial charge is 0.444 e. The number of carbonyl (C=O) groups excluding carboxylic acids is 1. The standard InChI is InChI=1S/C22H34N2O3/c1-21(2,3)27-20(25)24(16-17-7-5-4-6-8-17)18-9-12-22(13-10-18)14-11-19(15-23)26-22/h4-8,18-19H,9-16,23H2,1-3H3. The average molecular weight is 375 g/mol. The summed E-state index contributed by atoms with van der Waals surface area (Å²) < 4.78 is 12.0. The molecule has 1 heterocycles. The van der Waals surface area contributed by atoms with Crippen LogP contribution in [0.5, 0.6) is 0 Å². The van der Waals surface area contributed by atoms with Gasteiger partial charge in [-0.3, -0.25) is 0 Å². The van der Waals surface area contributed by atoms with Gasteiger partial charge in [-0.2, -0.15) is 0 Å². The van der Waals surface area contributed by atoms with Crippen LogP contribution in [0.15, 0.2) is 30.3 Å². The molecule has 1 amide bonds. The average Bonchev–Trinajstić information content (AvgIpc) is 3.03. The lowest BCUT2D eigenvalue weighted by Crippen LogP contribution is -2.47. The van der Waals surface area contributed by atoms with Crippen LogP contribution in [-0.4, -0.2) is 40.9 Å². The molecule has 0 radical (unpaired) electrons. The number of hydrogen-bond acceptors (Lipinski definition) is 4. The van der Waals surface area contributed by atoms with Crippen molar-refractivity contribution in [2.24, 2.45) is 5.73 Å². The number of nitrogens with two attached hydrogens (primary N) is 1. The minimum atomic E-state index is -0.495. The van der Waals surface area contributed by atoms with E-state index in [2.05, 4.69) is 12.1 Å². The molecule has 27 heavy (non-hydrogen) atoms. The van der Waals surface area contributed by atoms with Gasteiger partial charge in [-0.05, 0) is 64.9 Å². The van der Waals surface area contributed by atoms with Crippen molar-refractivity contribution in [1.82, 2.24) is 4.90 Å². The predicted octanol–water partition coefficient (Wildman–Crippen LogP) is 4.24. The van der Waals surface area contributed by atoms with Gasteiger partial charge in [-0.15, -0.1) is 0 Å². The Morgan fingerprint density at radius 1 is 1.19 bits per heavy atom. The zero-order valence-electron chi connectivity index (χ0n) is 16.9. The Labute approximate surface area is 163 Å². The summed E-state index contributed by atoms with van der Waals surface area (Å²) >= 11 is 0. The number of nitrogens with zero attached hydrogens (tertiary/aromatic N) is 1. The third kappa shape index (κ3) is 5.23. The number of benzene rings is 1. The smallest absolute Gasteiger partial charge is 0.410 e. The Bertz CT molecular complexity index is 618. The molecule has 2 fully saturated rings. The van der Waals surface area contributed by atoms with Gasteiger partial charge in [0.15, 0.2) is 0 Å². The number of carbonyl (C=O) groups is 1. The van der Waals surface area contributed by atoms with Crippen LogP contribution in [0, 0.1) is 0 Å². The van der Waals surface area contributed by atoms with Crippen molar-refractivity contribution in [2.75, 3.05) is 6.54 Å². The summed E-state index contributed by atoms with van der Waals surface area (Å²) in [5.41, 5.74) is 6.40. The Morgan fingerprint density at radius 2 is 1.81 bits per heavy atom. The first kappa shape index (κ1) is 20.2. The maximum atomic E-state index is 12.9. The number of ether oxygens (including phenoxy) is 2. The number of rotatable bonds is 4. The summed E-state index contributed by atoms with van der Waals surface area (Å²) in [6.07, 6.45) is 6.00. The van der Waals surface area contributed by atoms with E-state index >= 15 is 0 Å². The quantitative estimate of drug-likeness (QED) is 0.856. The lowest BCUT2D eigenvalue weighted by atomic mass is 9.80. The van der Waals surface area contributed by atoms with Crippen molar-refractivity contribution >= 4 is 6.09 Å². The molecule has 2 N–H and O–H groups in total. The van der Waals surface area contributed by atoms with Gasteiger partial charge in [0.2, 0.25) is 0 Å². The first-order valence-electron chi connectivity index (χ1n) is 10.2. The molecule has 1 spiro atoms. The van der Waals surface area contributed by atoms with Crippen molar-refractivity contribution in [1.29, 1.82) is 0 Å². The fourth-order valence-electron chi connectivity index (χ4n) is 4.31. The van der Waals surface area contributed by atoms with Crippen LogP contribution in [0.4, 0.5) is 4.79 Å². The number of amides is 1. The van der Waals surface area contributed by atoms with Crippen LogP contribution >= 0.6 is 0 Å². The van der Waals surface area contributed by atoms with E-state index < -0.39 is 5.60 Å². The van der Waals surface area contributed by atoms with Gasteiger partial charge < -0.3 is 20.1 Å². The monoisotopic (exact) mass is 374 g/mol. The first-order chi connectivity index (χ1) is 12.8. The van der Waals surface area contributed by atoms with Crippen LogP contribution in [0.1, 0.15) is 64.9 Å². The Balaban J connectivity index is 1.68. The summed E-state index contributed by atoms with van der Waals surface area (Å²) in [6.45, 7) is 6.94. The molecule has 1 saturated carbocycles. The van der Waals surface area contributed by atoms with E-state index in [0.717, 1.165) is 44.1 Å². The van der Waals surface area contributed by atoms with E-state index in [1.54, 1.807) is 0 Å². The van der Waals surface area contributed by atoms with Gasteiger partial charge in [0.1, 0.15) is 5.60 Å². The van der Waals surface area contributed by atoms with Gasteiger partial charge in [-0.1, -0.05) is 30.3 Å². The van der Waals surface area contributed by atoms with Crippen molar-refractivity contribution in [2.45, 2.75) is 89.2 Å². The highest BCUT2D eigenvalue weighted by molar-refractivity contribution is 5.68. The summed E-state index contributed by atoms with van der Waals surface area (Å²) in [7, 11) is 0. The lowest BCUT2D eigenvalue weighted by Gasteiger charge is -2.41. The summed E-state index contributed by atoms with van der Waals surface area (Å²) in [5, 5.41) is 0. The summed E-state index contributed by atoms with van der Waals surface area (Å²) in [5.74, 6) is 0. The molecule has 1 aliphatic carbocycles. The van der Waals surface area contributed by atoms with Gasteiger partial charge >= 0.3 is 6.09 Å². The molecule has 1 aromatic carbocycles. The molecule has 1 aromatic rings. The second kappa shape index (κ2) is 8.19. The Morgan fingerprint density at radius 3 is 2.37 bits per heavy atom. The van der Waals surface area contributed by atoms with Crippen molar-refractivity contribution in [3.05, 3.63) is 35.9 Å². The molecular formula is C22H34N2O3. The van der Waals surface area contributed by atoms with Crippen molar-refractivity contribution in [3.63, 3.8) is 0 Å². The normalized spacial score (nSPS) is 28.3. The van der Waals surface area contributed by atoms with Crippen LogP contribution < -0.4 is 5.73 Å².